The number of anilines is 2. The molecular formula is C16H27N3. The van der Waals surface area contributed by atoms with Gasteiger partial charge in [0.2, 0.25) is 0 Å². The van der Waals surface area contributed by atoms with Crippen LogP contribution in [0.4, 0.5) is 11.4 Å². The lowest BCUT2D eigenvalue weighted by Gasteiger charge is -2.41. The molecule has 0 spiro atoms. The van der Waals surface area contributed by atoms with Crippen molar-refractivity contribution in [3.63, 3.8) is 0 Å². The third-order valence-electron chi connectivity index (χ3n) is 4.11. The second-order valence-electron chi connectivity index (χ2n) is 5.45. The Morgan fingerprint density at radius 2 is 1.58 bits per heavy atom. The van der Waals surface area contributed by atoms with Gasteiger partial charge >= 0.3 is 0 Å². The van der Waals surface area contributed by atoms with Crippen LogP contribution in [0.5, 0.6) is 0 Å². The lowest BCUT2D eigenvalue weighted by atomic mass is 10.1. The summed E-state index contributed by atoms with van der Waals surface area (Å²) >= 11 is 0. The van der Waals surface area contributed by atoms with Gasteiger partial charge in [-0.15, -0.1) is 0 Å². The maximum absolute atomic E-state index is 3.48. The van der Waals surface area contributed by atoms with Gasteiger partial charge in [-0.3, -0.25) is 0 Å². The van der Waals surface area contributed by atoms with Crippen LogP contribution in [0.2, 0.25) is 0 Å². The Morgan fingerprint density at radius 3 is 2.05 bits per heavy atom. The van der Waals surface area contributed by atoms with E-state index in [1.165, 1.54) is 11.4 Å². The monoisotopic (exact) mass is 261 g/mol. The molecule has 1 saturated heterocycles. The zero-order valence-electron chi connectivity index (χ0n) is 12.7. The largest absolute Gasteiger partial charge is 0.372 e. The third kappa shape index (κ3) is 3.03. The minimum absolute atomic E-state index is 0.558. The van der Waals surface area contributed by atoms with Crippen molar-refractivity contribution < 1.29 is 0 Å². The molecule has 2 atom stereocenters. The highest BCUT2D eigenvalue weighted by Crippen LogP contribution is 2.25. The molecule has 3 nitrogen and oxygen atoms in total. The summed E-state index contributed by atoms with van der Waals surface area (Å²) in [6.45, 7) is 13.3. The molecule has 0 bridgehead atoms. The van der Waals surface area contributed by atoms with Crippen molar-refractivity contribution in [2.75, 3.05) is 36.0 Å². The number of piperazine rings is 1. The first-order valence-electron chi connectivity index (χ1n) is 7.51. The Bertz CT molecular complexity index is 373. The Hall–Kier alpha value is -1.22. The molecule has 106 valence electrons. The highest BCUT2D eigenvalue weighted by Gasteiger charge is 2.24. The highest BCUT2D eigenvalue weighted by atomic mass is 15.2. The molecule has 3 heteroatoms. The number of nitrogens with one attached hydrogen (secondary N) is 1. The summed E-state index contributed by atoms with van der Waals surface area (Å²) in [7, 11) is 0. The van der Waals surface area contributed by atoms with Crippen molar-refractivity contribution in [3.05, 3.63) is 24.3 Å². The van der Waals surface area contributed by atoms with Crippen LogP contribution >= 0.6 is 0 Å². The first kappa shape index (κ1) is 14.2. The minimum atomic E-state index is 0.558. The molecule has 2 rings (SSSR count). The maximum Gasteiger partial charge on any atom is 0.0389 e. The second-order valence-corrected chi connectivity index (χ2v) is 5.45. The van der Waals surface area contributed by atoms with Gasteiger partial charge in [0.1, 0.15) is 0 Å². The third-order valence-corrected chi connectivity index (χ3v) is 4.11. The molecule has 1 aromatic carbocycles. The molecular weight excluding hydrogens is 234 g/mol. The number of rotatable bonds is 4. The molecule has 1 aliphatic heterocycles. The zero-order valence-corrected chi connectivity index (χ0v) is 12.7. The summed E-state index contributed by atoms with van der Waals surface area (Å²) < 4.78 is 0. The van der Waals surface area contributed by atoms with Crippen molar-refractivity contribution in [2.24, 2.45) is 0 Å². The van der Waals surface area contributed by atoms with E-state index in [-0.39, 0.29) is 0 Å². The van der Waals surface area contributed by atoms with E-state index in [1.807, 2.05) is 0 Å². The summed E-state index contributed by atoms with van der Waals surface area (Å²) in [5.41, 5.74) is 2.67. The normalized spacial score (nSPS) is 23.5. The molecule has 2 unspecified atom stereocenters. The molecule has 0 saturated carbocycles. The van der Waals surface area contributed by atoms with Gasteiger partial charge in [-0.05, 0) is 52.0 Å². The van der Waals surface area contributed by atoms with Gasteiger partial charge in [-0.1, -0.05) is 0 Å². The molecule has 1 N–H and O–H groups in total. The van der Waals surface area contributed by atoms with E-state index >= 15 is 0 Å². The van der Waals surface area contributed by atoms with Crippen molar-refractivity contribution in [2.45, 2.75) is 39.8 Å². The quantitative estimate of drug-likeness (QED) is 0.899. The van der Waals surface area contributed by atoms with Crippen LogP contribution in [0.3, 0.4) is 0 Å². The molecule has 0 radical (unpaired) electrons. The molecule has 0 amide bonds. The van der Waals surface area contributed by atoms with E-state index in [1.54, 1.807) is 0 Å². The van der Waals surface area contributed by atoms with Crippen LogP contribution in [-0.4, -0.2) is 38.3 Å². The van der Waals surface area contributed by atoms with Gasteiger partial charge in [0, 0.05) is 49.6 Å². The van der Waals surface area contributed by atoms with Crippen LogP contribution in [-0.2, 0) is 0 Å². The van der Waals surface area contributed by atoms with E-state index in [9.17, 15) is 0 Å². The summed E-state index contributed by atoms with van der Waals surface area (Å²) in [5.74, 6) is 0. The fourth-order valence-corrected chi connectivity index (χ4v) is 3.07. The fraction of sp³-hybridized carbons (Fsp3) is 0.625. The predicted octanol–water partition coefficient (Wildman–Crippen LogP) is 2.72. The minimum Gasteiger partial charge on any atom is -0.372 e. The topological polar surface area (TPSA) is 18.5 Å². The first-order valence-corrected chi connectivity index (χ1v) is 7.51. The van der Waals surface area contributed by atoms with Crippen LogP contribution in [0.25, 0.3) is 0 Å². The number of benzene rings is 1. The summed E-state index contributed by atoms with van der Waals surface area (Å²) in [4.78, 5) is 4.91. The van der Waals surface area contributed by atoms with Gasteiger partial charge in [-0.25, -0.2) is 0 Å². The van der Waals surface area contributed by atoms with Gasteiger partial charge in [0.25, 0.3) is 0 Å². The molecule has 1 heterocycles. The molecule has 19 heavy (non-hydrogen) atoms. The number of hydrogen-bond acceptors (Lipinski definition) is 3. The van der Waals surface area contributed by atoms with E-state index in [0.717, 1.165) is 26.2 Å². The van der Waals surface area contributed by atoms with Crippen molar-refractivity contribution >= 4 is 11.4 Å². The molecule has 1 aliphatic rings. The summed E-state index contributed by atoms with van der Waals surface area (Å²) in [6.07, 6.45) is 0. The average molecular weight is 261 g/mol. The number of hydrogen-bond donors (Lipinski definition) is 1. The van der Waals surface area contributed by atoms with E-state index in [4.69, 9.17) is 0 Å². The molecule has 0 aromatic heterocycles. The van der Waals surface area contributed by atoms with E-state index in [0.29, 0.717) is 12.1 Å². The Labute approximate surface area is 117 Å². The Balaban J connectivity index is 2.17. The van der Waals surface area contributed by atoms with Crippen LogP contribution < -0.4 is 15.1 Å². The van der Waals surface area contributed by atoms with Crippen LogP contribution in [0.1, 0.15) is 27.7 Å². The second kappa shape index (κ2) is 6.29. The lowest BCUT2D eigenvalue weighted by Crippen LogP contribution is -2.55. The van der Waals surface area contributed by atoms with Crippen LogP contribution in [0.15, 0.2) is 24.3 Å². The predicted molar refractivity (Wildman–Crippen MR) is 84.3 cm³/mol. The van der Waals surface area contributed by atoms with Crippen molar-refractivity contribution in [3.8, 4) is 0 Å². The van der Waals surface area contributed by atoms with E-state index in [2.05, 4.69) is 67.1 Å². The fourth-order valence-electron chi connectivity index (χ4n) is 3.07. The smallest absolute Gasteiger partial charge is 0.0389 e. The summed E-state index contributed by atoms with van der Waals surface area (Å²) in [5, 5.41) is 3.48. The standard InChI is InChI=1S/C16H27N3/c1-5-18(6-2)15-7-9-16(10-8-15)19-13(3)11-17-12-14(19)4/h7-10,13-14,17H,5-6,11-12H2,1-4H3. The molecule has 1 aromatic rings. The highest BCUT2D eigenvalue weighted by molar-refractivity contribution is 5.57. The van der Waals surface area contributed by atoms with Gasteiger partial charge in [-0.2, -0.15) is 0 Å². The summed E-state index contributed by atoms with van der Waals surface area (Å²) in [6, 6.07) is 10.2. The van der Waals surface area contributed by atoms with Crippen molar-refractivity contribution in [1.29, 1.82) is 0 Å². The van der Waals surface area contributed by atoms with Gasteiger partial charge in [0.05, 0.1) is 0 Å². The Morgan fingerprint density at radius 1 is 1.05 bits per heavy atom. The van der Waals surface area contributed by atoms with Gasteiger partial charge in [0.15, 0.2) is 0 Å². The van der Waals surface area contributed by atoms with Crippen molar-refractivity contribution in [1.82, 2.24) is 5.32 Å². The van der Waals surface area contributed by atoms with E-state index < -0.39 is 0 Å². The molecule has 1 fully saturated rings. The Kier molecular flexibility index (Phi) is 4.70. The zero-order chi connectivity index (χ0) is 13.8. The lowest BCUT2D eigenvalue weighted by molar-refractivity contribution is 0.432. The van der Waals surface area contributed by atoms with Gasteiger partial charge < -0.3 is 15.1 Å². The average Bonchev–Trinajstić information content (AvgIpc) is 2.41. The van der Waals surface area contributed by atoms with Crippen LogP contribution in [0, 0.1) is 0 Å². The first-order chi connectivity index (χ1) is 9.17. The SMILES string of the molecule is CCN(CC)c1ccc(N2C(C)CNCC2C)cc1. The molecule has 0 aliphatic carbocycles. The number of nitrogens with zero attached hydrogens (tertiary/aromatic N) is 2. The maximum atomic E-state index is 3.48.